The van der Waals surface area contributed by atoms with Gasteiger partial charge in [-0.05, 0) is 31.5 Å². The number of halogens is 7. The standard InChI is InChI=1S/C13H12F7NO/c1-3-21(9-6-4-5-8(2)7-9)10(22)11(14,15)12(16,17)13(18,19)20/h4-7H,3H2,1-2H3. The molecule has 0 spiro atoms. The van der Waals surface area contributed by atoms with E-state index in [1.807, 2.05) is 0 Å². The smallest absolute Gasteiger partial charge is 0.307 e. The summed E-state index contributed by atoms with van der Waals surface area (Å²) in [5.41, 5.74) is 0.333. The molecule has 0 saturated carbocycles. The fourth-order valence-corrected chi connectivity index (χ4v) is 1.72. The van der Waals surface area contributed by atoms with Gasteiger partial charge in [0, 0.05) is 12.2 Å². The summed E-state index contributed by atoms with van der Waals surface area (Å²) in [6, 6.07) is 5.30. The molecule has 1 aromatic carbocycles. The van der Waals surface area contributed by atoms with Crippen LogP contribution in [0.15, 0.2) is 24.3 Å². The molecule has 0 bridgehead atoms. The van der Waals surface area contributed by atoms with Crippen molar-refractivity contribution in [1.29, 1.82) is 0 Å². The van der Waals surface area contributed by atoms with Crippen LogP contribution in [0.25, 0.3) is 0 Å². The number of carbonyl (C=O) groups is 1. The quantitative estimate of drug-likeness (QED) is 0.758. The fourth-order valence-electron chi connectivity index (χ4n) is 1.72. The van der Waals surface area contributed by atoms with E-state index in [0.29, 0.717) is 5.56 Å². The molecule has 0 N–H and O–H groups in total. The summed E-state index contributed by atoms with van der Waals surface area (Å²) in [5, 5.41) is 0. The fraction of sp³-hybridized carbons (Fsp3) is 0.462. The molecule has 124 valence electrons. The molecule has 1 aromatic rings. The van der Waals surface area contributed by atoms with Crippen molar-refractivity contribution in [3.8, 4) is 0 Å². The topological polar surface area (TPSA) is 20.3 Å². The zero-order valence-electron chi connectivity index (χ0n) is 11.5. The Morgan fingerprint density at radius 3 is 2.05 bits per heavy atom. The summed E-state index contributed by atoms with van der Waals surface area (Å²) in [4.78, 5) is 11.8. The maximum atomic E-state index is 13.5. The minimum atomic E-state index is -6.54. The summed E-state index contributed by atoms with van der Waals surface area (Å²) in [6.45, 7) is 2.23. The average molecular weight is 331 g/mol. The lowest BCUT2D eigenvalue weighted by atomic mass is 10.1. The first-order valence-corrected chi connectivity index (χ1v) is 6.07. The Kier molecular flexibility index (Phi) is 4.79. The minimum absolute atomic E-state index is 0.187. The highest BCUT2D eigenvalue weighted by Gasteiger charge is 2.76. The van der Waals surface area contributed by atoms with Crippen LogP contribution in [0.4, 0.5) is 36.4 Å². The maximum Gasteiger partial charge on any atom is 0.460 e. The van der Waals surface area contributed by atoms with E-state index in [1.165, 1.54) is 19.1 Å². The Bertz CT molecular complexity index is 554. The predicted molar refractivity (Wildman–Crippen MR) is 65.2 cm³/mol. The van der Waals surface area contributed by atoms with Gasteiger partial charge in [0.05, 0.1) is 0 Å². The van der Waals surface area contributed by atoms with Gasteiger partial charge in [-0.3, -0.25) is 4.79 Å². The van der Waals surface area contributed by atoms with Crippen molar-refractivity contribution < 1.29 is 35.5 Å². The van der Waals surface area contributed by atoms with E-state index < -0.39 is 30.5 Å². The van der Waals surface area contributed by atoms with Crippen molar-refractivity contribution in [2.45, 2.75) is 31.9 Å². The molecule has 22 heavy (non-hydrogen) atoms. The summed E-state index contributed by atoms with van der Waals surface area (Å²) in [7, 11) is 0. The van der Waals surface area contributed by atoms with Gasteiger partial charge in [-0.1, -0.05) is 12.1 Å². The Labute approximate surface area is 121 Å². The molecule has 1 rings (SSSR count). The van der Waals surface area contributed by atoms with Gasteiger partial charge in [0.15, 0.2) is 0 Å². The third kappa shape index (κ3) is 3.02. The van der Waals surface area contributed by atoms with Crippen molar-refractivity contribution in [1.82, 2.24) is 0 Å². The van der Waals surface area contributed by atoms with Crippen LogP contribution >= 0.6 is 0 Å². The molecule has 9 heteroatoms. The van der Waals surface area contributed by atoms with Crippen molar-refractivity contribution in [2.75, 3.05) is 11.4 Å². The highest BCUT2D eigenvalue weighted by Crippen LogP contribution is 2.47. The second-order valence-corrected chi connectivity index (χ2v) is 4.53. The molecule has 0 radical (unpaired) electrons. The third-order valence-corrected chi connectivity index (χ3v) is 2.89. The van der Waals surface area contributed by atoms with Crippen LogP contribution in [-0.4, -0.2) is 30.5 Å². The third-order valence-electron chi connectivity index (χ3n) is 2.89. The molecule has 0 fully saturated rings. The number of aryl methyl sites for hydroxylation is 1. The van der Waals surface area contributed by atoms with Crippen molar-refractivity contribution in [3.63, 3.8) is 0 Å². The number of benzene rings is 1. The highest BCUT2D eigenvalue weighted by molar-refractivity contribution is 5.99. The second kappa shape index (κ2) is 5.77. The average Bonchev–Trinajstić information content (AvgIpc) is 2.38. The first kappa shape index (κ1) is 18.2. The number of carbonyl (C=O) groups excluding carboxylic acids is 1. The summed E-state index contributed by atoms with van der Waals surface area (Å²) < 4.78 is 89.1. The Morgan fingerprint density at radius 1 is 1.09 bits per heavy atom. The molecule has 0 unspecified atom stereocenters. The van der Waals surface area contributed by atoms with Crippen molar-refractivity contribution in [2.24, 2.45) is 0 Å². The highest BCUT2D eigenvalue weighted by atomic mass is 19.4. The van der Waals surface area contributed by atoms with Gasteiger partial charge in [-0.2, -0.15) is 30.7 Å². The van der Waals surface area contributed by atoms with Gasteiger partial charge in [-0.25, -0.2) is 0 Å². The Balaban J connectivity index is 3.26. The predicted octanol–water partition coefficient (Wildman–Crippen LogP) is 4.18. The summed E-state index contributed by atoms with van der Waals surface area (Å²) >= 11 is 0. The lowest BCUT2D eigenvalue weighted by molar-refractivity contribution is -0.343. The molecular formula is C13H12F7NO. The zero-order chi connectivity index (χ0) is 17.3. The van der Waals surface area contributed by atoms with Crippen LogP contribution in [0, 0.1) is 6.92 Å². The molecule has 2 nitrogen and oxygen atoms in total. The van der Waals surface area contributed by atoms with Crippen LogP contribution in [0.3, 0.4) is 0 Å². The lowest BCUT2D eigenvalue weighted by Gasteiger charge is -2.31. The van der Waals surface area contributed by atoms with Gasteiger partial charge in [0.2, 0.25) is 0 Å². The SMILES string of the molecule is CCN(C(=O)C(F)(F)C(F)(F)C(F)(F)F)c1cccc(C)c1. The van der Waals surface area contributed by atoms with E-state index in [2.05, 4.69) is 0 Å². The molecule has 0 aliphatic carbocycles. The molecule has 0 aromatic heterocycles. The van der Waals surface area contributed by atoms with E-state index >= 15 is 0 Å². The van der Waals surface area contributed by atoms with Gasteiger partial charge in [0.1, 0.15) is 0 Å². The van der Waals surface area contributed by atoms with Crippen molar-refractivity contribution in [3.05, 3.63) is 29.8 Å². The van der Waals surface area contributed by atoms with Gasteiger partial charge in [0.25, 0.3) is 0 Å². The number of hydrogen-bond donors (Lipinski definition) is 0. The first-order chi connectivity index (χ1) is 9.86. The second-order valence-electron chi connectivity index (χ2n) is 4.53. The monoisotopic (exact) mass is 331 g/mol. The molecule has 0 atom stereocenters. The number of nitrogens with zero attached hydrogens (tertiary/aromatic N) is 1. The van der Waals surface area contributed by atoms with E-state index in [9.17, 15) is 35.5 Å². The molecule has 0 saturated heterocycles. The number of hydrogen-bond acceptors (Lipinski definition) is 1. The van der Waals surface area contributed by atoms with E-state index in [1.54, 1.807) is 13.0 Å². The normalized spacial score (nSPS) is 13.1. The molecule has 0 aliphatic rings. The number of alkyl halides is 7. The van der Waals surface area contributed by atoms with E-state index in [-0.39, 0.29) is 10.6 Å². The molecule has 1 amide bonds. The van der Waals surface area contributed by atoms with Crippen LogP contribution in [0.5, 0.6) is 0 Å². The van der Waals surface area contributed by atoms with Gasteiger partial charge < -0.3 is 4.90 Å². The van der Waals surface area contributed by atoms with E-state index in [4.69, 9.17) is 0 Å². The van der Waals surface area contributed by atoms with Gasteiger partial charge in [-0.15, -0.1) is 0 Å². The maximum absolute atomic E-state index is 13.5. The van der Waals surface area contributed by atoms with Crippen molar-refractivity contribution >= 4 is 11.6 Å². The van der Waals surface area contributed by atoms with Gasteiger partial charge >= 0.3 is 23.9 Å². The summed E-state index contributed by atoms with van der Waals surface area (Å²) in [5.74, 6) is -15.0. The Morgan fingerprint density at radius 2 is 1.64 bits per heavy atom. The largest absolute Gasteiger partial charge is 0.460 e. The number of amides is 1. The van der Waals surface area contributed by atoms with Crippen LogP contribution in [-0.2, 0) is 4.79 Å². The lowest BCUT2D eigenvalue weighted by Crippen LogP contribution is -2.60. The molecule has 0 heterocycles. The first-order valence-electron chi connectivity index (χ1n) is 6.07. The minimum Gasteiger partial charge on any atom is -0.307 e. The van der Waals surface area contributed by atoms with E-state index in [0.717, 1.165) is 6.07 Å². The van der Waals surface area contributed by atoms with Crippen LogP contribution in [0.2, 0.25) is 0 Å². The zero-order valence-corrected chi connectivity index (χ0v) is 11.5. The number of anilines is 1. The molecule has 0 aliphatic heterocycles. The number of rotatable bonds is 4. The van der Waals surface area contributed by atoms with Crippen LogP contribution in [0.1, 0.15) is 12.5 Å². The Hall–Kier alpha value is -1.80. The summed E-state index contributed by atoms with van der Waals surface area (Å²) in [6.07, 6.45) is -6.54. The molecular weight excluding hydrogens is 319 g/mol. The van der Waals surface area contributed by atoms with Crippen LogP contribution < -0.4 is 4.90 Å².